The van der Waals surface area contributed by atoms with Crippen LogP contribution in [0.5, 0.6) is 0 Å². The van der Waals surface area contributed by atoms with Crippen molar-refractivity contribution in [2.75, 3.05) is 19.6 Å². The molecule has 0 spiro atoms. The molecule has 130 heavy (non-hydrogen) atoms. The quantitative estimate of drug-likeness (QED) is 0.135. The minimum Gasteiger partial charge on any atom is -0.334 e. The Hall–Kier alpha value is -12.0. The molecule has 17 aromatic rings. The molecule has 17 aromatic carbocycles. The zero-order valence-electron chi connectivity index (χ0n) is 79.4. The van der Waals surface area contributed by atoms with Gasteiger partial charge in [0.05, 0.1) is 22.2 Å². The smallest absolute Gasteiger partial charge is 0.0518 e. The van der Waals surface area contributed by atoms with Crippen molar-refractivity contribution in [3.63, 3.8) is 0 Å². The van der Waals surface area contributed by atoms with Crippen LogP contribution in [0.15, 0.2) is 255 Å². The van der Waals surface area contributed by atoms with Crippen LogP contribution in [-0.2, 0) is 21.7 Å². The Balaban J connectivity index is 0.829. The summed E-state index contributed by atoms with van der Waals surface area (Å²) in [4.78, 5) is 11.3. The lowest BCUT2D eigenvalue weighted by atomic mass is 9.61. The van der Waals surface area contributed by atoms with E-state index >= 15 is 0 Å². The third-order valence-electron chi connectivity index (χ3n) is 38.1. The molecule has 0 aromatic heterocycles. The van der Waals surface area contributed by atoms with E-state index in [1.54, 1.807) is 0 Å². The number of rotatable bonds is 10. The van der Waals surface area contributed by atoms with E-state index < -0.39 is 0 Å². The van der Waals surface area contributed by atoms with Gasteiger partial charge in [-0.2, -0.15) is 0 Å². The third-order valence-corrected chi connectivity index (χ3v) is 38.1. The number of para-hydroxylation sites is 4. The Bertz CT molecular complexity index is 6800. The monoisotopic (exact) mass is 1690 g/mol. The number of fused-ring (bicyclic) bond motifs is 18. The number of benzene rings is 15. The topological polar surface area (TPSA) is 13.0 Å². The molecule has 0 amide bonds. The second kappa shape index (κ2) is 27.8. The first-order valence-electron chi connectivity index (χ1n) is 49.4. The largest absolute Gasteiger partial charge is 0.334 e. The number of nitrogens with zero attached hydrogens (tertiary/aromatic N) is 4. The van der Waals surface area contributed by atoms with Crippen LogP contribution < -0.4 is 19.6 Å². The van der Waals surface area contributed by atoms with Crippen LogP contribution in [0.2, 0.25) is 0 Å². The maximum Gasteiger partial charge on any atom is 0.0518 e. The van der Waals surface area contributed by atoms with Gasteiger partial charge in [-0.3, -0.25) is 0 Å². The Morgan fingerprint density at radius 3 is 0.608 bits per heavy atom. The Labute approximate surface area is 770 Å². The fraction of sp³-hybridized carbons (Fsp3) is 0.317. The normalized spacial score (nSPS) is 24.9. The van der Waals surface area contributed by atoms with E-state index in [-0.39, 0.29) is 43.8 Å². The highest BCUT2D eigenvalue weighted by Gasteiger charge is 2.63. The molecule has 25 rings (SSSR count). The summed E-state index contributed by atoms with van der Waals surface area (Å²) in [5, 5.41) is 16.1. The first-order valence-corrected chi connectivity index (χ1v) is 49.4. The van der Waals surface area contributed by atoms with Crippen molar-refractivity contribution in [1.82, 2.24) is 0 Å². The standard InChI is InChI=1S/C126H122N4/c1-75-79(5)115-101(119(9)63-35-39-67-123(119,13)127(115)85-47-27-19-28-48-85)71-97(75)89-55-59-93-109-94(60-56-90(107(89)109)98-72-102-116(80(6)76(98)2)128(86-49-29-20-30-50-86)124(14)68-40-36-64-120(102,124)10)112-106(84-45-25-18-26-46-84)114-96-62-58-92(100-74-104-118(82(8)78(100)4)130(88-53-33-22-34-54-88)126(16)70-42-38-66-122(104,126)12)108-91(57-61-95(110(96)108)113(114)105(111(93)112)83-43-23-17-24-44-83)99-73-103-117(81(7)77(99)3)129(87-51-31-21-32-52-87)125(15)69-41-37-65-121(103,125)11/h17-34,43-62,71-74H,35-42,63-70H2,1-16H3. The Kier molecular flexibility index (Phi) is 17.1. The molecule has 0 N–H and O–H groups in total. The van der Waals surface area contributed by atoms with Gasteiger partial charge in [-0.05, 0) is 405 Å². The van der Waals surface area contributed by atoms with E-state index in [9.17, 15) is 0 Å². The van der Waals surface area contributed by atoms with Gasteiger partial charge in [0.1, 0.15) is 0 Å². The molecular formula is C126H122N4. The second-order valence-corrected chi connectivity index (χ2v) is 43.3. The molecule has 646 valence electrons. The zero-order chi connectivity index (χ0) is 88.7. The van der Waals surface area contributed by atoms with Crippen LogP contribution in [0.1, 0.15) is 225 Å². The van der Waals surface area contributed by atoms with Crippen LogP contribution >= 0.6 is 0 Å². The van der Waals surface area contributed by atoms with Crippen molar-refractivity contribution in [2.45, 2.75) is 257 Å². The van der Waals surface area contributed by atoms with Gasteiger partial charge in [0, 0.05) is 67.2 Å². The Morgan fingerprint density at radius 1 is 0.192 bits per heavy atom. The molecular weight excluding hydrogens is 1570 g/mol. The fourth-order valence-corrected chi connectivity index (χ4v) is 30.0. The van der Waals surface area contributed by atoms with Gasteiger partial charge in [-0.15, -0.1) is 0 Å². The minimum absolute atomic E-state index is 0.105. The molecule has 8 unspecified atom stereocenters. The van der Waals surface area contributed by atoms with Crippen LogP contribution in [0.3, 0.4) is 0 Å². The summed E-state index contributed by atoms with van der Waals surface area (Å²) >= 11 is 0. The summed E-state index contributed by atoms with van der Waals surface area (Å²) in [7, 11) is 0. The maximum atomic E-state index is 2.81. The van der Waals surface area contributed by atoms with Gasteiger partial charge in [-0.1, -0.05) is 261 Å². The number of anilines is 8. The molecule has 0 radical (unpaired) electrons. The summed E-state index contributed by atoms with van der Waals surface area (Å²) in [5.41, 5.74) is 42.8. The van der Waals surface area contributed by atoms with Crippen LogP contribution in [0.4, 0.5) is 45.5 Å². The number of hydrogen-bond donors (Lipinski definition) is 0. The van der Waals surface area contributed by atoms with Crippen molar-refractivity contribution >= 4 is 110 Å². The van der Waals surface area contributed by atoms with Gasteiger partial charge in [0.25, 0.3) is 0 Å². The average molecular weight is 1690 g/mol. The van der Waals surface area contributed by atoms with E-state index in [2.05, 4.69) is 385 Å². The van der Waals surface area contributed by atoms with Gasteiger partial charge in [0.15, 0.2) is 0 Å². The molecule has 4 fully saturated rings. The zero-order valence-corrected chi connectivity index (χ0v) is 79.4. The van der Waals surface area contributed by atoms with Crippen molar-refractivity contribution in [3.8, 4) is 66.8 Å². The lowest BCUT2D eigenvalue weighted by Gasteiger charge is -2.50. The first-order chi connectivity index (χ1) is 62.9. The van der Waals surface area contributed by atoms with E-state index in [1.165, 1.54) is 295 Å². The molecule has 4 aliphatic carbocycles. The van der Waals surface area contributed by atoms with Crippen molar-refractivity contribution < 1.29 is 0 Å². The van der Waals surface area contributed by atoms with Gasteiger partial charge >= 0.3 is 0 Å². The van der Waals surface area contributed by atoms with Gasteiger partial charge < -0.3 is 19.6 Å². The lowest BCUT2D eigenvalue weighted by Crippen LogP contribution is -2.54. The average Bonchev–Trinajstić information content (AvgIpc) is 1.60. The third kappa shape index (κ3) is 9.99. The predicted octanol–water partition coefficient (Wildman–Crippen LogP) is 34.9. The lowest BCUT2D eigenvalue weighted by molar-refractivity contribution is 0.195. The molecule has 0 saturated heterocycles. The van der Waals surface area contributed by atoms with E-state index in [4.69, 9.17) is 0 Å². The van der Waals surface area contributed by atoms with E-state index in [0.717, 1.165) is 51.4 Å². The van der Waals surface area contributed by atoms with Crippen molar-refractivity contribution in [1.29, 1.82) is 0 Å². The molecule has 4 nitrogen and oxygen atoms in total. The first kappa shape index (κ1) is 80.1. The summed E-state index contributed by atoms with van der Waals surface area (Å²) in [6.45, 7) is 40.8. The van der Waals surface area contributed by atoms with Crippen LogP contribution in [0, 0.1) is 55.4 Å². The fourth-order valence-electron chi connectivity index (χ4n) is 30.0. The van der Waals surface area contributed by atoms with Crippen molar-refractivity contribution in [2.24, 2.45) is 0 Å². The minimum atomic E-state index is -0.120. The predicted molar refractivity (Wildman–Crippen MR) is 556 cm³/mol. The number of hydrogen-bond acceptors (Lipinski definition) is 4. The highest BCUT2D eigenvalue weighted by Crippen LogP contribution is 2.70. The molecule has 4 saturated carbocycles. The molecule has 0 bridgehead atoms. The molecule has 4 heteroatoms. The molecule has 8 aliphatic rings. The highest BCUT2D eigenvalue weighted by atomic mass is 15.3. The SMILES string of the molecule is Cc1c(-c2ccc3c4c(-c5ccccc5)c5c6ccc(-c7cc8c(c(C)c7C)N(c7ccccc7)C7(C)CCCCC87C)c7c(-c8cc9c(c(C)c8C)N(c8ccccc8)C8(C)CCCCC98C)ccc(c5c(-c5ccccc5)c4c4ccc(-c5cc8c(c(C)c5C)N(c5ccccc5)C5(C)CCCCC85C)c2c34)c76)cc2c(c1C)N(c1ccccc1)C1(C)CCCCC21C. The summed E-state index contributed by atoms with van der Waals surface area (Å²) in [6, 6.07) is 101. The van der Waals surface area contributed by atoms with E-state index in [0.29, 0.717) is 0 Å². The molecule has 4 aliphatic heterocycles. The maximum absolute atomic E-state index is 2.81. The molecule has 4 heterocycles. The van der Waals surface area contributed by atoms with Gasteiger partial charge in [0.2, 0.25) is 0 Å². The summed E-state index contributed by atoms with van der Waals surface area (Å²) in [5.74, 6) is 0. The molecule has 8 atom stereocenters. The van der Waals surface area contributed by atoms with Gasteiger partial charge in [-0.25, -0.2) is 0 Å². The van der Waals surface area contributed by atoms with E-state index in [1.807, 2.05) is 0 Å². The van der Waals surface area contributed by atoms with Crippen molar-refractivity contribution in [3.05, 3.63) is 322 Å². The second-order valence-electron chi connectivity index (χ2n) is 43.3. The Morgan fingerprint density at radius 2 is 0.392 bits per heavy atom. The summed E-state index contributed by atoms with van der Waals surface area (Å²) in [6.07, 6.45) is 18.9. The highest BCUT2D eigenvalue weighted by molar-refractivity contribution is 6.48. The van der Waals surface area contributed by atoms with Crippen LogP contribution in [0.25, 0.3) is 131 Å². The van der Waals surface area contributed by atoms with Crippen LogP contribution in [-0.4, -0.2) is 22.2 Å². The summed E-state index contributed by atoms with van der Waals surface area (Å²) < 4.78 is 0.